The summed E-state index contributed by atoms with van der Waals surface area (Å²) >= 11 is 0. The average Bonchev–Trinajstić information content (AvgIpc) is 3.25. The number of ether oxygens (including phenoxy) is 2. The second-order valence-corrected chi connectivity index (χ2v) is 7.42. The van der Waals surface area contributed by atoms with Gasteiger partial charge >= 0.3 is 0 Å². The van der Waals surface area contributed by atoms with E-state index in [2.05, 4.69) is 6.92 Å². The molecule has 2 heterocycles. The smallest absolute Gasteiger partial charge is 0.271 e. The van der Waals surface area contributed by atoms with Crippen LogP contribution in [0.5, 0.6) is 11.6 Å². The molecule has 0 aliphatic carbocycles. The number of carbonyl (C=O) groups excluding carboxylic acids is 1. The largest absolute Gasteiger partial charge is 0.494 e. The van der Waals surface area contributed by atoms with Crippen LogP contribution in [0, 0.1) is 18.3 Å². The van der Waals surface area contributed by atoms with Gasteiger partial charge in [-0.25, -0.2) is 0 Å². The summed E-state index contributed by atoms with van der Waals surface area (Å²) < 4.78 is 12.3. The topological polar surface area (TPSA) is 102 Å². The monoisotopic (exact) mass is 410 g/mol. The minimum Gasteiger partial charge on any atom is -0.494 e. The molecule has 7 nitrogen and oxygen atoms in total. The Balaban J connectivity index is 1.96. The molecule has 1 aromatic heterocycles. The zero-order valence-electron chi connectivity index (χ0n) is 17.3. The number of aromatic hydroxyl groups is 1. The van der Waals surface area contributed by atoms with Crippen LogP contribution in [-0.4, -0.2) is 34.8 Å². The van der Waals surface area contributed by atoms with Gasteiger partial charge in [0.2, 0.25) is 5.88 Å². The first-order chi connectivity index (χ1) is 14.5. The number of benzene rings is 1. The van der Waals surface area contributed by atoms with E-state index in [0.29, 0.717) is 24.5 Å². The summed E-state index contributed by atoms with van der Waals surface area (Å²) in [5.41, 5.74) is -0.281. The highest BCUT2D eigenvalue weighted by molar-refractivity contribution is 6.11. The Morgan fingerprint density at radius 1 is 1.37 bits per heavy atom. The first kappa shape index (κ1) is 21.6. The maximum absolute atomic E-state index is 13.2. The van der Waals surface area contributed by atoms with E-state index in [0.717, 1.165) is 30.3 Å². The molecule has 1 saturated heterocycles. The number of unbranched alkanes of at least 4 members (excludes halogenated alkanes) is 1. The lowest BCUT2D eigenvalue weighted by molar-refractivity contribution is 0.0929. The summed E-state index contributed by atoms with van der Waals surface area (Å²) in [6, 6.07) is 8.51. The molecule has 0 bridgehead atoms. The van der Waals surface area contributed by atoms with Gasteiger partial charge in [-0.05, 0) is 56.0 Å². The summed E-state index contributed by atoms with van der Waals surface area (Å²) in [6.45, 7) is 4.88. The fraction of sp³-hybridized carbons (Fsp3) is 0.435. The molecular weight excluding hydrogens is 384 g/mol. The molecule has 1 fully saturated rings. The third-order valence-electron chi connectivity index (χ3n) is 5.32. The first-order valence-electron chi connectivity index (χ1n) is 10.2. The van der Waals surface area contributed by atoms with E-state index >= 15 is 0 Å². The van der Waals surface area contributed by atoms with Crippen molar-refractivity contribution in [3.8, 4) is 17.7 Å². The number of nitrogens with zero attached hydrogens (tertiary/aromatic N) is 2. The molecule has 1 aliphatic heterocycles. The van der Waals surface area contributed by atoms with Crippen LogP contribution in [0.15, 0.2) is 29.1 Å². The lowest BCUT2D eigenvalue weighted by Crippen LogP contribution is -2.30. The van der Waals surface area contributed by atoms with Gasteiger partial charge in [0.25, 0.3) is 5.56 Å². The Hall–Kier alpha value is -3.11. The van der Waals surface area contributed by atoms with Crippen LogP contribution in [-0.2, 0) is 11.3 Å². The number of rotatable bonds is 8. The van der Waals surface area contributed by atoms with Crippen molar-refractivity contribution < 1.29 is 19.4 Å². The quantitative estimate of drug-likeness (QED) is 0.529. The number of aromatic nitrogens is 1. The molecule has 0 unspecified atom stereocenters. The van der Waals surface area contributed by atoms with Gasteiger partial charge in [0, 0.05) is 12.2 Å². The van der Waals surface area contributed by atoms with E-state index in [1.54, 1.807) is 24.3 Å². The van der Waals surface area contributed by atoms with Crippen molar-refractivity contribution in [2.75, 3.05) is 13.2 Å². The Kier molecular flexibility index (Phi) is 6.91. The predicted octanol–water partition coefficient (Wildman–Crippen LogP) is 3.32. The molecule has 1 aliphatic rings. The van der Waals surface area contributed by atoms with Gasteiger partial charge in [-0.1, -0.05) is 13.3 Å². The highest BCUT2D eigenvalue weighted by Gasteiger charge is 2.27. The number of pyridine rings is 1. The van der Waals surface area contributed by atoms with Crippen molar-refractivity contribution in [3.63, 3.8) is 0 Å². The number of hydrogen-bond acceptors (Lipinski definition) is 6. The van der Waals surface area contributed by atoms with Gasteiger partial charge in [0.05, 0.1) is 24.8 Å². The van der Waals surface area contributed by atoms with E-state index in [4.69, 9.17) is 9.47 Å². The average molecular weight is 410 g/mol. The number of hydrogen-bond donors (Lipinski definition) is 1. The zero-order valence-corrected chi connectivity index (χ0v) is 17.3. The van der Waals surface area contributed by atoms with Crippen LogP contribution in [0.4, 0.5) is 0 Å². The third kappa shape index (κ3) is 4.39. The molecule has 1 atom stereocenters. The minimum absolute atomic E-state index is 0.0381. The molecule has 1 N–H and O–H groups in total. The van der Waals surface area contributed by atoms with Crippen molar-refractivity contribution in [2.45, 2.75) is 52.2 Å². The Labute approximate surface area is 175 Å². The Morgan fingerprint density at radius 2 is 2.10 bits per heavy atom. The fourth-order valence-corrected chi connectivity index (χ4v) is 3.57. The first-order valence-corrected chi connectivity index (χ1v) is 10.2. The number of ketones is 1. The third-order valence-corrected chi connectivity index (χ3v) is 5.32. The van der Waals surface area contributed by atoms with Gasteiger partial charge in [0.1, 0.15) is 17.4 Å². The van der Waals surface area contributed by atoms with E-state index < -0.39 is 17.2 Å². The van der Waals surface area contributed by atoms with E-state index in [9.17, 15) is 20.0 Å². The SMILES string of the molecule is CCCCOc1ccc(C(=O)c2c(C)c(C#N)c(=O)n(C[C@H]3CCCO3)c2O)cc1. The summed E-state index contributed by atoms with van der Waals surface area (Å²) in [6.07, 6.45) is 3.36. The highest BCUT2D eigenvalue weighted by atomic mass is 16.5. The molecular formula is C23H26N2O5. The van der Waals surface area contributed by atoms with Crippen LogP contribution in [0.25, 0.3) is 0 Å². The Bertz CT molecular complexity index is 1010. The summed E-state index contributed by atoms with van der Waals surface area (Å²) in [7, 11) is 0. The van der Waals surface area contributed by atoms with Crippen LogP contribution in [0.2, 0.25) is 0 Å². The molecule has 0 saturated carbocycles. The van der Waals surface area contributed by atoms with Crippen molar-refractivity contribution in [3.05, 3.63) is 56.9 Å². The van der Waals surface area contributed by atoms with Crippen LogP contribution in [0.1, 0.15) is 59.7 Å². The molecule has 0 radical (unpaired) electrons. The standard InChI is InChI=1S/C23H26N2O5/c1-3-4-11-29-17-9-7-16(8-10-17)21(26)20-15(2)19(13-24)22(27)25(23(20)28)14-18-6-5-12-30-18/h7-10,18,28H,3-6,11-12,14H2,1-2H3/t18-/m1/s1. The van der Waals surface area contributed by atoms with Crippen LogP contribution < -0.4 is 10.3 Å². The zero-order chi connectivity index (χ0) is 21.7. The van der Waals surface area contributed by atoms with E-state index in [1.165, 1.54) is 6.92 Å². The Morgan fingerprint density at radius 3 is 2.70 bits per heavy atom. The van der Waals surface area contributed by atoms with Gasteiger partial charge < -0.3 is 14.6 Å². The van der Waals surface area contributed by atoms with Crippen LogP contribution in [0.3, 0.4) is 0 Å². The van der Waals surface area contributed by atoms with E-state index in [-0.39, 0.29) is 29.3 Å². The molecule has 7 heteroatoms. The number of carbonyl (C=O) groups is 1. The second-order valence-electron chi connectivity index (χ2n) is 7.42. The molecule has 158 valence electrons. The maximum Gasteiger partial charge on any atom is 0.271 e. The summed E-state index contributed by atoms with van der Waals surface area (Å²) in [4.78, 5) is 25.9. The fourth-order valence-electron chi connectivity index (χ4n) is 3.57. The predicted molar refractivity (Wildman–Crippen MR) is 111 cm³/mol. The normalized spacial score (nSPS) is 15.7. The molecule has 2 aromatic rings. The molecule has 1 aromatic carbocycles. The molecule has 3 rings (SSSR count). The van der Waals surface area contributed by atoms with Gasteiger partial charge in [-0.2, -0.15) is 5.26 Å². The van der Waals surface area contributed by atoms with Gasteiger partial charge in [0.15, 0.2) is 5.78 Å². The van der Waals surface area contributed by atoms with Gasteiger partial charge in [-0.3, -0.25) is 14.2 Å². The minimum atomic E-state index is -0.612. The molecule has 0 amide bonds. The van der Waals surface area contributed by atoms with E-state index in [1.807, 2.05) is 6.07 Å². The highest BCUT2D eigenvalue weighted by Crippen LogP contribution is 2.27. The van der Waals surface area contributed by atoms with Gasteiger partial charge in [-0.15, -0.1) is 0 Å². The lowest BCUT2D eigenvalue weighted by Gasteiger charge is -2.18. The maximum atomic E-state index is 13.2. The van der Waals surface area contributed by atoms with Crippen molar-refractivity contribution >= 4 is 5.78 Å². The summed E-state index contributed by atoms with van der Waals surface area (Å²) in [5.74, 6) is -0.231. The number of nitriles is 1. The molecule has 30 heavy (non-hydrogen) atoms. The lowest BCUT2D eigenvalue weighted by atomic mass is 9.97. The van der Waals surface area contributed by atoms with Crippen molar-refractivity contribution in [1.82, 2.24) is 4.57 Å². The van der Waals surface area contributed by atoms with Crippen molar-refractivity contribution in [1.29, 1.82) is 5.26 Å². The second kappa shape index (κ2) is 9.59. The summed E-state index contributed by atoms with van der Waals surface area (Å²) in [5, 5.41) is 20.3. The molecule has 0 spiro atoms. The van der Waals surface area contributed by atoms with Crippen molar-refractivity contribution in [2.24, 2.45) is 0 Å². The van der Waals surface area contributed by atoms with Crippen LogP contribution >= 0.6 is 0 Å².